The topological polar surface area (TPSA) is 0 Å². The molecule has 0 spiro atoms. The Bertz CT molecular complexity index is 7.64. The zero-order valence-corrected chi connectivity index (χ0v) is 31.0. The van der Waals surface area contributed by atoms with Gasteiger partial charge in [-0.1, -0.05) is 0 Å². The fraction of sp³-hybridized carbons (Fsp3) is 0. The SMILES string of the molecule is [Sn].[Sn].[Sn].[Sr].[Sr].[Sr].[Sr].[Sr]. The van der Waals surface area contributed by atoms with Gasteiger partial charge in [0.05, 0.1) is 0 Å². The third kappa shape index (κ3) is 36.0. The predicted molar refractivity (Wildman–Crippen MR) is 46.0 cm³/mol. The molecular weight excluding hydrogens is 794 g/mol. The van der Waals surface area contributed by atoms with E-state index in [1.54, 1.807) is 0 Å². The van der Waals surface area contributed by atoms with Crippen molar-refractivity contribution in [2.75, 3.05) is 0 Å². The van der Waals surface area contributed by atoms with Crippen molar-refractivity contribution in [3.63, 3.8) is 0 Å². The Kier molecular flexibility index (Phi) is 286. The van der Waals surface area contributed by atoms with Gasteiger partial charge in [-0.25, -0.2) is 0 Å². The second-order valence-electron chi connectivity index (χ2n) is 0. The van der Waals surface area contributed by atoms with Gasteiger partial charge in [-0.05, 0) is 0 Å². The van der Waals surface area contributed by atoms with E-state index in [-0.39, 0.29) is 299 Å². The van der Waals surface area contributed by atoms with E-state index in [0.29, 0.717) is 0 Å². The van der Waals surface area contributed by atoms with Crippen LogP contribution in [0, 0.1) is 0 Å². The average Bonchev–Trinajstić information content (AvgIpc) is 0. The molecule has 0 N–H and O–H groups in total. The molecule has 0 saturated heterocycles. The van der Waals surface area contributed by atoms with E-state index in [2.05, 4.69) is 0 Å². The van der Waals surface area contributed by atoms with E-state index in [4.69, 9.17) is 0 Å². The molecule has 0 unspecified atom stereocenters. The van der Waals surface area contributed by atoms with Crippen molar-refractivity contribution in [2.24, 2.45) is 0 Å². The van der Waals surface area contributed by atoms with Crippen LogP contribution in [0.5, 0.6) is 0 Å². The van der Waals surface area contributed by atoms with Crippen LogP contribution in [-0.2, 0) is 0 Å². The van der Waals surface area contributed by atoms with Crippen LogP contribution in [0.4, 0.5) is 0 Å². The summed E-state index contributed by atoms with van der Waals surface area (Å²) in [5.74, 6) is 0. The summed E-state index contributed by atoms with van der Waals surface area (Å²) in [7, 11) is 0. The van der Waals surface area contributed by atoms with Gasteiger partial charge in [0, 0.05) is 299 Å². The molecule has 0 saturated carbocycles. The molecule has 0 aliphatic carbocycles. The molecule has 22 radical (unpaired) electrons. The molecule has 0 aromatic carbocycles. The Labute approximate surface area is 288 Å². The van der Waals surface area contributed by atoms with Crippen molar-refractivity contribution < 1.29 is 0 Å². The maximum Gasteiger partial charge on any atom is 0 e. The van der Waals surface area contributed by atoms with Crippen molar-refractivity contribution >= 4 is 299 Å². The van der Waals surface area contributed by atoms with E-state index in [1.165, 1.54) is 0 Å². The van der Waals surface area contributed by atoms with Crippen molar-refractivity contribution in [1.29, 1.82) is 0 Å². The van der Waals surface area contributed by atoms with Crippen molar-refractivity contribution in [2.45, 2.75) is 0 Å². The van der Waals surface area contributed by atoms with Crippen LogP contribution >= 0.6 is 0 Å². The summed E-state index contributed by atoms with van der Waals surface area (Å²) in [6, 6.07) is 0. The first-order valence-electron chi connectivity index (χ1n) is 0. The van der Waals surface area contributed by atoms with E-state index in [0.717, 1.165) is 0 Å². The monoisotopic (exact) mass is 799 g/mol. The number of rotatable bonds is 0. The van der Waals surface area contributed by atoms with Crippen LogP contribution in [-0.4, -0.2) is 299 Å². The zero-order valence-electron chi connectivity index (χ0n) is 5.04. The van der Waals surface area contributed by atoms with Crippen molar-refractivity contribution in [1.82, 2.24) is 0 Å². The second-order valence-corrected chi connectivity index (χ2v) is 0. The summed E-state index contributed by atoms with van der Waals surface area (Å²) in [4.78, 5) is 0. The minimum atomic E-state index is 0. The van der Waals surface area contributed by atoms with Gasteiger partial charge in [-0.2, -0.15) is 0 Å². The van der Waals surface area contributed by atoms with Crippen LogP contribution in [0.25, 0.3) is 0 Å². The molecular formula is Sn3Sr5. The van der Waals surface area contributed by atoms with Gasteiger partial charge in [0.1, 0.15) is 0 Å². The quantitative estimate of drug-likeness (QED) is 0.229. The fourth-order valence-electron chi connectivity index (χ4n) is 0. The first kappa shape index (κ1) is 52.3. The van der Waals surface area contributed by atoms with Gasteiger partial charge >= 0.3 is 0 Å². The minimum Gasteiger partial charge on any atom is 0 e. The number of hydrogen-bond donors (Lipinski definition) is 0. The summed E-state index contributed by atoms with van der Waals surface area (Å²) in [6.45, 7) is 0. The maximum atomic E-state index is 0. The molecule has 0 aliphatic heterocycles. The first-order valence-corrected chi connectivity index (χ1v) is 0. The maximum absolute atomic E-state index is 0. The van der Waals surface area contributed by atoms with Crippen molar-refractivity contribution in [3.05, 3.63) is 0 Å². The molecule has 0 atom stereocenters. The fourth-order valence-corrected chi connectivity index (χ4v) is 0. The molecule has 0 heterocycles. The van der Waals surface area contributed by atoms with Crippen LogP contribution in [0.2, 0.25) is 0 Å². The summed E-state index contributed by atoms with van der Waals surface area (Å²) in [5.41, 5.74) is 0. The van der Waals surface area contributed by atoms with Gasteiger partial charge in [-0.3, -0.25) is 0 Å². The van der Waals surface area contributed by atoms with Crippen LogP contribution < -0.4 is 0 Å². The molecule has 0 amide bonds. The van der Waals surface area contributed by atoms with E-state index in [9.17, 15) is 0 Å². The molecule has 8 heteroatoms. The summed E-state index contributed by atoms with van der Waals surface area (Å²) in [5, 5.41) is 0. The van der Waals surface area contributed by atoms with Crippen molar-refractivity contribution in [3.8, 4) is 0 Å². The molecule has 0 aromatic rings. The Morgan fingerprint density at radius 1 is 0.250 bits per heavy atom. The third-order valence-corrected chi connectivity index (χ3v) is 0. The van der Waals surface area contributed by atoms with Gasteiger partial charge in [0.2, 0.25) is 0 Å². The first-order chi connectivity index (χ1) is 0. The van der Waals surface area contributed by atoms with Crippen LogP contribution in [0.15, 0.2) is 0 Å². The van der Waals surface area contributed by atoms with Crippen LogP contribution in [0.1, 0.15) is 0 Å². The minimum absolute atomic E-state index is 0. The number of hydrogen-bond acceptors (Lipinski definition) is 0. The molecule has 0 aromatic heterocycles. The summed E-state index contributed by atoms with van der Waals surface area (Å²) >= 11 is 0. The van der Waals surface area contributed by atoms with E-state index in [1.807, 2.05) is 0 Å². The Morgan fingerprint density at radius 3 is 0.250 bits per heavy atom. The Morgan fingerprint density at radius 2 is 0.250 bits per heavy atom. The van der Waals surface area contributed by atoms with Gasteiger partial charge in [0.15, 0.2) is 0 Å². The molecule has 0 bridgehead atoms. The Balaban J connectivity index is 0. The molecule has 8 heavy (non-hydrogen) atoms. The van der Waals surface area contributed by atoms with Gasteiger partial charge in [0.25, 0.3) is 0 Å². The van der Waals surface area contributed by atoms with E-state index >= 15 is 0 Å². The standard InChI is InChI=1S/3Sn.5Sr. The molecule has 0 nitrogen and oxygen atoms in total. The Hall–Kier alpha value is 9.80. The predicted octanol–water partition coefficient (Wildman–Crippen LogP) is -3.05. The molecule has 0 aliphatic rings. The molecule has 0 rings (SSSR count). The zero-order chi connectivity index (χ0) is 0. The summed E-state index contributed by atoms with van der Waals surface area (Å²) in [6.07, 6.45) is 0. The average molecular weight is 794 g/mol. The summed E-state index contributed by atoms with van der Waals surface area (Å²) < 4.78 is 0. The third-order valence-electron chi connectivity index (χ3n) is 0. The largest absolute Gasteiger partial charge is 0 e. The van der Waals surface area contributed by atoms with E-state index < -0.39 is 0 Å². The normalized spacial score (nSPS) is 0. The molecule has 0 fully saturated rings. The second kappa shape index (κ2) is 43.7. The van der Waals surface area contributed by atoms with Gasteiger partial charge < -0.3 is 0 Å². The smallest absolute Gasteiger partial charge is 0 e. The molecule has 22 valence electrons. The van der Waals surface area contributed by atoms with Gasteiger partial charge in [-0.15, -0.1) is 0 Å². The van der Waals surface area contributed by atoms with Crippen LogP contribution in [0.3, 0.4) is 0 Å².